The molecule has 3 aromatic rings. The Morgan fingerprint density at radius 1 is 1.06 bits per heavy atom. The predicted molar refractivity (Wildman–Crippen MR) is 124 cm³/mol. The van der Waals surface area contributed by atoms with Gasteiger partial charge in [0.15, 0.2) is 17.2 Å². The first kappa shape index (κ1) is 22.6. The number of para-hydroxylation sites is 1. The lowest BCUT2D eigenvalue weighted by Crippen LogP contribution is -2.43. The van der Waals surface area contributed by atoms with E-state index < -0.39 is 17.2 Å². The summed E-state index contributed by atoms with van der Waals surface area (Å²) in [5.74, 6) is -0.269. The average molecular weight is 478 g/mol. The first-order chi connectivity index (χ1) is 16.9. The van der Waals surface area contributed by atoms with Crippen molar-refractivity contribution in [3.8, 4) is 17.2 Å². The maximum Gasteiger partial charge on any atom is 0.278 e. The first-order valence-electron chi connectivity index (χ1n) is 11.3. The molecule has 10 heteroatoms. The molecule has 0 atom stereocenters. The molecule has 2 aliphatic rings. The van der Waals surface area contributed by atoms with Gasteiger partial charge in [-0.05, 0) is 44.0 Å². The number of hydrogen-bond donors (Lipinski definition) is 1. The number of ether oxygens (including phenoxy) is 2. The molecule has 0 saturated carbocycles. The molecule has 2 aromatic carbocycles. The number of nitrogens with zero attached hydrogens (tertiary/aromatic N) is 3. The van der Waals surface area contributed by atoms with E-state index in [0.717, 1.165) is 0 Å². The van der Waals surface area contributed by atoms with E-state index in [9.17, 15) is 18.8 Å². The van der Waals surface area contributed by atoms with Gasteiger partial charge in [-0.3, -0.25) is 14.4 Å². The molecule has 5 rings (SSSR count). The minimum absolute atomic E-state index is 0.147. The number of halogens is 1. The zero-order valence-corrected chi connectivity index (χ0v) is 19.0. The van der Waals surface area contributed by atoms with Crippen molar-refractivity contribution in [3.05, 3.63) is 76.0 Å². The maximum absolute atomic E-state index is 14.3. The summed E-state index contributed by atoms with van der Waals surface area (Å²) in [6.07, 6.45) is 0.880. The normalized spacial score (nSPS) is 15.2. The topological polar surface area (TPSA) is 103 Å². The predicted octanol–water partition coefficient (Wildman–Crippen LogP) is 2.90. The van der Waals surface area contributed by atoms with Gasteiger partial charge in [-0.1, -0.05) is 12.1 Å². The van der Waals surface area contributed by atoms with E-state index in [2.05, 4.69) is 10.4 Å². The molecule has 3 heterocycles. The van der Waals surface area contributed by atoms with Crippen LogP contribution in [0.25, 0.3) is 5.69 Å². The summed E-state index contributed by atoms with van der Waals surface area (Å²) in [5, 5.41) is 7.07. The summed E-state index contributed by atoms with van der Waals surface area (Å²) in [6.45, 7) is 2.37. The molecule has 2 amide bonds. The van der Waals surface area contributed by atoms with Gasteiger partial charge in [-0.2, -0.15) is 5.10 Å². The number of carbonyl (C=O) groups excluding carboxylic acids is 2. The van der Waals surface area contributed by atoms with Crippen LogP contribution in [0.1, 0.15) is 29.0 Å². The summed E-state index contributed by atoms with van der Waals surface area (Å²) in [6, 6.07) is 12.5. The van der Waals surface area contributed by atoms with Crippen molar-refractivity contribution in [2.75, 3.05) is 25.2 Å². The largest absolute Gasteiger partial charge is 0.454 e. The van der Waals surface area contributed by atoms with Gasteiger partial charge in [-0.25, -0.2) is 9.07 Å². The number of hydrogen-bond acceptors (Lipinski definition) is 6. The van der Waals surface area contributed by atoms with E-state index in [4.69, 9.17) is 9.47 Å². The Hall–Kier alpha value is -4.21. The van der Waals surface area contributed by atoms with Crippen LogP contribution in [0.2, 0.25) is 0 Å². The van der Waals surface area contributed by atoms with Gasteiger partial charge in [0.05, 0.1) is 0 Å². The van der Waals surface area contributed by atoms with Crippen molar-refractivity contribution < 1.29 is 23.5 Å². The Labute approximate surface area is 200 Å². The summed E-state index contributed by atoms with van der Waals surface area (Å²) in [7, 11) is 0. The van der Waals surface area contributed by atoms with Crippen molar-refractivity contribution in [2.24, 2.45) is 5.92 Å². The zero-order valence-electron chi connectivity index (χ0n) is 19.0. The summed E-state index contributed by atoms with van der Waals surface area (Å²) < 4.78 is 26.2. The van der Waals surface area contributed by atoms with Gasteiger partial charge >= 0.3 is 0 Å². The number of nitrogens with one attached hydrogen (secondary N) is 1. The van der Waals surface area contributed by atoms with E-state index in [0.29, 0.717) is 48.8 Å². The molecular formula is C25H23FN4O5. The number of anilines is 1. The second-order valence-corrected chi connectivity index (χ2v) is 8.49. The Kier molecular flexibility index (Phi) is 5.94. The summed E-state index contributed by atoms with van der Waals surface area (Å²) in [4.78, 5) is 39.9. The third-order valence-electron chi connectivity index (χ3n) is 6.18. The SMILES string of the molecule is Cc1cc(=O)c(C(=O)N2CCC(C(=O)Nc3ccc4c(c3)OCO4)CC2)nn1-c1ccccc1F. The maximum atomic E-state index is 14.3. The van der Waals surface area contributed by atoms with Crippen molar-refractivity contribution >= 4 is 17.5 Å². The molecule has 1 saturated heterocycles. The molecule has 0 bridgehead atoms. The van der Waals surface area contributed by atoms with E-state index >= 15 is 0 Å². The molecule has 0 spiro atoms. The Morgan fingerprint density at radius 3 is 2.57 bits per heavy atom. The molecule has 0 unspecified atom stereocenters. The number of aromatic nitrogens is 2. The molecule has 35 heavy (non-hydrogen) atoms. The van der Waals surface area contributed by atoms with E-state index in [1.807, 2.05) is 0 Å². The van der Waals surface area contributed by atoms with Crippen molar-refractivity contribution in [1.82, 2.24) is 14.7 Å². The molecular weight excluding hydrogens is 455 g/mol. The number of amides is 2. The van der Waals surface area contributed by atoms with Gasteiger partial charge in [0.1, 0.15) is 11.5 Å². The lowest BCUT2D eigenvalue weighted by atomic mass is 9.95. The van der Waals surface area contributed by atoms with Crippen LogP contribution in [0, 0.1) is 18.7 Å². The third kappa shape index (κ3) is 4.46. The van der Waals surface area contributed by atoms with Crippen molar-refractivity contribution in [1.29, 1.82) is 0 Å². The minimum atomic E-state index is -0.533. The zero-order chi connectivity index (χ0) is 24.5. The molecule has 1 aromatic heterocycles. The Morgan fingerprint density at radius 2 is 1.80 bits per heavy atom. The second kappa shape index (κ2) is 9.21. The minimum Gasteiger partial charge on any atom is -0.454 e. The van der Waals surface area contributed by atoms with Crippen LogP contribution < -0.4 is 20.2 Å². The van der Waals surface area contributed by atoms with Gasteiger partial charge in [0, 0.05) is 42.5 Å². The quantitative estimate of drug-likeness (QED) is 0.619. The Bertz CT molecular complexity index is 1360. The van der Waals surface area contributed by atoms with Crippen LogP contribution in [0.3, 0.4) is 0 Å². The highest BCUT2D eigenvalue weighted by Crippen LogP contribution is 2.34. The van der Waals surface area contributed by atoms with E-state index in [1.165, 1.54) is 27.8 Å². The molecule has 1 fully saturated rings. The van der Waals surface area contributed by atoms with Gasteiger partial charge in [0.2, 0.25) is 18.1 Å². The monoisotopic (exact) mass is 478 g/mol. The van der Waals surface area contributed by atoms with Gasteiger partial charge in [-0.15, -0.1) is 0 Å². The Balaban J connectivity index is 1.26. The van der Waals surface area contributed by atoms with Crippen molar-refractivity contribution in [2.45, 2.75) is 19.8 Å². The highest BCUT2D eigenvalue weighted by atomic mass is 19.1. The van der Waals surface area contributed by atoms with Crippen LogP contribution in [-0.4, -0.2) is 46.4 Å². The second-order valence-electron chi connectivity index (χ2n) is 8.49. The fraction of sp³-hybridized carbons (Fsp3) is 0.280. The van der Waals surface area contributed by atoms with Crippen molar-refractivity contribution in [3.63, 3.8) is 0 Å². The number of likely N-dealkylation sites (tertiary alicyclic amines) is 1. The van der Waals surface area contributed by atoms with Gasteiger partial charge in [0.25, 0.3) is 5.91 Å². The van der Waals surface area contributed by atoms with E-state index in [-0.39, 0.29) is 30.0 Å². The molecule has 1 N–H and O–H groups in total. The highest BCUT2D eigenvalue weighted by molar-refractivity contribution is 5.94. The van der Waals surface area contributed by atoms with Crippen LogP contribution in [-0.2, 0) is 4.79 Å². The molecule has 0 aliphatic carbocycles. The lowest BCUT2D eigenvalue weighted by molar-refractivity contribution is -0.121. The summed E-state index contributed by atoms with van der Waals surface area (Å²) in [5.41, 5.74) is 0.369. The third-order valence-corrected chi connectivity index (χ3v) is 6.18. The highest BCUT2D eigenvalue weighted by Gasteiger charge is 2.30. The van der Waals surface area contributed by atoms with Crippen LogP contribution in [0.5, 0.6) is 11.5 Å². The number of fused-ring (bicyclic) bond motifs is 1. The molecule has 2 aliphatic heterocycles. The van der Waals surface area contributed by atoms with E-state index in [1.54, 1.807) is 37.3 Å². The smallest absolute Gasteiger partial charge is 0.278 e. The molecule has 9 nitrogen and oxygen atoms in total. The summed E-state index contributed by atoms with van der Waals surface area (Å²) >= 11 is 0. The number of benzene rings is 2. The first-order valence-corrected chi connectivity index (χ1v) is 11.3. The average Bonchev–Trinajstić information content (AvgIpc) is 3.32. The number of aryl methyl sites for hydroxylation is 1. The lowest BCUT2D eigenvalue weighted by Gasteiger charge is -2.31. The van der Waals surface area contributed by atoms with Crippen LogP contribution >= 0.6 is 0 Å². The van der Waals surface area contributed by atoms with Crippen LogP contribution in [0.15, 0.2) is 53.3 Å². The molecule has 180 valence electrons. The number of carbonyl (C=O) groups is 2. The standard InChI is InChI=1S/C25H23FN4O5/c1-15-12-20(31)23(28-30(15)19-5-3-2-4-18(19)26)25(33)29-10-8-16(9-11-29)24(32)27-17-6-7-21-22(13-17)35-14-34-21/h2-7,12-13,16H,8-11,14H2,1H3,(H,27,32). The number of piperidine rings is 1. The number of rotatable bonds is 4. The van der Waals surface area contributed by atoms with Gasteiger partial charge < -0.3 is 19.7 Å². The fourth-order valence-corrected chi connectivity index (χ4v) is 4.28. The molecule has 0 radical (unpaired) electrons. The van der Waals surface area contributed by atoms with Crippen LogP contribution in [0.4, 0.5) is 10.1 Å². The fourth-order valence-electron chi connectivity index (χ4n) is 4.28.